The molecule has 0 aromatic rings. The highest BCUT2D eigenvalue weighted by molar-refractivity contribution is 5.83. The Morgan fingerprint density at radius 1 is 1.05 bits per heavy atom. The molecule has 1 aliphatic heterocycles. The van der Waals surface area contributed by atoms with Crippen LogP contribution in [0.15, 0.2) is 0 Å². The molecule has 4 atom stereocenters. The molecular formula is C17H29N3O. The summed E-state index contributed by atoms with van der Waals surface area (Å²) in [5.74, 6) is 4.30. The molecule has 4 aliphatic rings. The van der Waals surface area contributed by atoms with Crippen LogP contribution in [-0.2, 0) is 4.79 Å². The van der Waals surface area contributed by atoms with Crippen LogP contribution in [0.3, 0.4) is 0 Å². The quantitative estimate of drug-likeness (QED) is 0.845. The number of nitrogens with zero attached hydrogens (tertiary/aromatic N) is 2. The Balaban J connectivity index is 1.32. The van der Waals surface area contributed by atoms with E-state index >= 15 is 0 Å². The van der Waals surface area contributed by atoms with Crippen LogP contribution in [0.4, 0.5) is 0 Å². The van der Waals surface area contributed by atoms with E-state index < -0.39 is 0 Å². The van der Waals surface area contributed by atoms with Gasteiger partial charge in [-0.3, -0.25) is 4.79 Å². The molecule has 2 bridgehead atoms. The van der Waals surface area contributed by atoms with Crippen molar-refractivity contribution < 1.29 is 4.79 Å². The molecular weight excluding hydrogens is 262 g/mol. The number of rotatable bonds is 4. The first-order valence-electron chi connectivity index (χ1n) is 9.01. The van der Waals surface area contributed by atoms with Gasteiger partial charge in [-0.1, -0.05) is 0 Å². The first-order valence-corrected chi connectivity index (χ1v) is 9.01. The normalized spacial score (nSPS) is 42.0. The summed E-state index contributed by atoms with van der Waals surface area (Å²) in [5, 5.41) is 0. The summed E-state index contributed by atoms with van der Waals surface area (Å²) in [6, 6.07) is 0. The molecule has 0 aromatic carbocycles. The van der Waals surface area contributed by atoms with E-state index in [0.29, 0.717) is 11.8 Å². The number of fused-ring (bicyclic) bond motifs is 5. The zero-order valence-electron chi connectivity index (χ0n) is 13.0. The number of carbonyl (C=O) groups excluding carboxylic acids is 1. The van der Waals surface area contributed by atoms with Crippen molar-refractivity contribution in [1.29, 1.82) is 0 Å². The maximum absolute atomic E-state index is 12.9. The van der Waals surface area contributed by atoms with Crippen molar-refractivity contribution in [1.82, 2.24) is 9.80 Å². The molecule has 0 spiro atoms. The first kappa shape index (κ1) is 14.0. The third kappa shape index (κ3) is 2.40. The summed E-state index contributed by atoms with van der Waals surface area (Å²) in [7, 11) is 0. The Bertz CT molecular complexity index is 397. The molecule has 3 saturated carbocycles. The first-order chi connectivity index (χ1) is 10.3. The van der Waals surface area contributed by atoms with Gasteiger partial charge in [0.2, 0.25) is 5.91 Å². The maximum atomic E-state index is 12.9. The molecule has 4 nitrogen and oxygen atoms in total. The van der Waals surface area contributed by atoms with Crippen molar-refractivity contribution in [2.75, 3.05) is 39.3 Å². The Kier molecular flexibility index (Phi) is 3.70. The molecule has 4 unspecified atom stereocenters. The number of nitrogens with two attached hydrogens (primary N) is 1. The summed E-state index contributed by atoms with van der Waals surface area (Å²) in [6.45, 7) is 5.95. The lowest BCUT2D eigenvalue weighted by atomic mass is 10.0. The van der Waals surface area contributed by atoms with Gasteiger partial charge in [0.05, 0.1) is 0 Å². The monoisotopic (exact) mass is 291 g/mol. The zero-order valence-corrected chi connectivity index (χ0v) is 13.0. The van der Waals surface area contributed by atoms with Crippen LogP contribution in [0, 0.1) is 29.6 Å². The van der Waals surface area contributed by atoms with E-state index in [1.54, 1.807) is 0 Å². The van der Waals surface area contributed by atoms with Crippen LogP contribution in [0.2, 0.25) is 0 Å². The molecule has 1 saturated heterocycles. The van der Waals surface area contributed by atoms with E-state index in [-0.39, 0.29) is 0 Å². The summed E-state index contributed by atoms with van der Waals surface area (Å²) in [6.07, 6.45) is 6.45. The largest absolute Gasteiger partial charge is 0.341 e. The van der Waals surface area contributed by atoms with E-state index in [4.69, 9.17) is 5.73 Å². The molecule has 1 amide bonds. The van der Waals surface area contributed by atoms with Crippen molar-refractivity contribution in [2.45, 2.75) is 32.1 Å². The molecule has 2 N–H and O–H groups in total. The summed E-state index contributed by atoms with van der Waals surface area (Å²) in [5.41, 5.74) is 5.60. The second kappa shape index (κ2) is 5.54. The van der Waals surface area contributed by atoms with Gasteiger partial charge in [0.15, 0.2) is 0 Å². The fourth-order valence-corrected chi connectivity index (χ4v) is 5.60. The van der Waals surface area contributed by atoms with E-state index in [2.05, 4.69) is 9.80 Å². The lowest BCUT2D eigenvalue weighted by Gasteiger charge is -2.23. The van der Waals surface area contributed by atoms with E-state index in [9.17, 15) is 4.79 Å². The van der Waals surface area contributed by atoms with Crippen molar-refractivity contribution >= 4 is 5.91 Å². The van der Waals surface area contributed by atoms with Gasteiger partial charge in [-0.25, -0.2) is 0 Å². The van der Waals surface area contributed by atoms with Gasteiger partial charge in [0.1, 0.15) is 0 Å². The average Bonchev–Trinajstić information content (AvgIpc) is 3.06. The number of amides is 1. The highest BCUT2D eigenvalue weighted by Gasteiger charge is 2.67. The fourth-order valence-electron chi connectivity index (χ4n) is 5.60. The molecule has 21 heavy (non-hydrogen) atoms. The highest BCUT2D eigenvalue weighted by Crippen LogP contribution is 2.69. The van der Waals surface area contributed by atoms with E-state index in [1.165, 1.54) is 19.3 Å². The van der Waals surface area contributed by atoms with Crippen molar-refractivity contribution in [2.24, 2.45) is 35.3 Å². The predicted octanol–water partition coefficient (Wildman–Crippen LogP) is 1.16. The van der Waals surface area contributed by atoms with Crippen LogP contribution < -0.4 is 5.73 Å². The Morgan fingerprint density at radius 2 is 1.81 bits per heavy atom. The number of hydrogen-bond acceptors (Lipinski definition) is 3. The van der Waals surface area contributed by atoms with Gasteiger partial charge in [0.25, 0.3) is 0 Å². The standard InChI is InChI=1S/C17H29N3O/c18-5-1-6-19-7-2-8-20(10-9-19)17(21)16-14-12-3-4-13(11-12)15(14)16/h12-16H,1-11,18H2. The third-order valence-corrected chi connectivity index (χ3v) is 6.60. The SMILES string of the molecule is NCCCN1CCCN(C(=O)C2C3C4CCC(C4)C23)CC1. The summed E-state index contributed by atoms with van der Waals surface area (Å²) in [4.78, 5) is 17.5. The Morgan fingerprint density at radius 3 is 2.52 bits per heavy atom. The average molecular weight is 291 g/mol. The van der Waals surface area contributed by atoms with Crippen LogP contribution in [0.1, 0.15) is 32.1 Å². The Labute approximate surface area is 128 Å². The van der Waals surface area contributed by atoms with Crippen molar-refractivity contribution in [3.63, 3.8) is 0 Å². The number of carbonyl (C=O) groups is 1. The maximum Gasteiger partial charge on any atom is 0.226 e. The Hall–Kier alpha value is -0.610. The zero-order chi connectivity index (χ0) is 14.4. The smallest absolute Gasteiger partial charge is 0.226 e. The molecule has 0 aromatic heterocycles. The van der Waals surface area contributed by atoms with E-state index in [0.717, 1.165) is 75.8 Å². The summed E-state index contributed by atoms with van der Waals surface area (Å²) >= 11 is 0. The van der Waals surface area contributed by atoms with Gasteiger partial charge in [0, 0.05) is 25.6 Å². The molecule has 4 heteroatoms. The third-order valence-electron chi connectivity index (χ3n) is 6.60. The molecule has 4 rings (SSSR count). The van der Waals surface area contributed by atoms with Crippen LogP contribution in [-0.4, -0.2) is 55.0 Å². The molecule has 0 radical (unpaired) electrons. The van der Waals surface area contributed by atoms with Gasteiger partial charge in [-0.2, -0.15) is 0 Å². The van der Waals surface area contributed by atoms with Crippen molar-refractivity contribution in [3.05, 3.63) is 0 Å². The van der Waals surface area contributed by atoms with Crippen LogP contribution in [0.25, 0.3) is 0 Å². The number of hydrogen-bond donors (Lipinski definition) is 1. The van der Waals surface area contributed by atoms with Gasteiger partial charge >= 0.3 is 0 Å². The highest BCUT2D eigenvalue weighted by atomic mass is 16.2. The lowest BCUT2D eigenvalue weighted by Crippen LogP contribution is -2.37. The van der Waals surface area contributed by atoms with Crippen molar-refractivity contribution in [3.8, 4) is 0 Å². The van der Waals surface area contributed by atoms with Gasteiger partial charge in [-0.15, -0.1) is 0 Å². The minimum Gasteiger partial charge on any atom is -0.341 e. The van der Waals surface area contributed by atoms with E-state index in [1.807, 2.05) is 0 Å². The second-order valence-corrected chi connectivity index (χ2v) is 7.68. The molecule has 3 aliphatic carbocycles. The second-order valence-electron chi connectivity index (χ2n) is 7.68. The van der Waals surface area contributed by atoms with Gasteiger partial charge < -0.3 is 15.5 Å². The minimum atomic E-state index is 0.423. The molecule has 1 heterocycles. The molecule has 4 fully saturated rings. The topological polar surface area (TPSA) is 49.6 Å². The van der Waals surface area contributed by atoms with Crippen LogP contribution >= 0.6 is 0 Å². The molecule has 118 valence electrons. The van der Waals surface area contributed by atoms with Gasteiger partial charge in [-0.05, 0) is 75.4 Å². The summed E-state index contributed by atoms with van der Waals surface area (Å²) < 4.78 is 0. The fraction of sp³-hybridized carbons (Fsp3) is 0.941. The minimum absolute atomic E-state index is 0.423. The lowest BCUT2D eigenvalue weighted by molar-refractivity contribution is -0.133. The van der Waals surface area contributed by atoms with Crippen LogP contribution in [0.5, 0.6) is 0 Å². The predicted molar refractivity (Wildman–Crippen MR) is 82.6 cm³/mol.